The van der Waals surface area contributed by atoms with Gasteiger partial charge in [-0.25, -0.2) is 8.42 Å². The Morgan fingerprint density at radius 1 is 1.50 bits per heavy atom. The Balaban J connectivity index is 2.60. The molecule has 1 N–H and O–H groups in total. The van der Waals surface area contributed by atoms with E-state index in [9.17, 15) is 13.2 Å². The molecular weight excluding hydrogens is 226 g/mol. The van der Waals surface area contributed by atoms with Crippen LogP contribution in [0.25, 0.3) is 0 Å². The first-order valence-electron chi connectivity index (χ1n) is 5.67. The predicted octanol–water partition coefficient (Wildman–Crippen LogP) is 1.59. The molecule has 4 nitrogen and oxygen atoms in total. The molecule has 1 rings (SSSR count). The van der Waals surface area contributed by atoms with Gasteiger partial charge in [0.05, 0.1) is 5.25 Å². The molecule has 2 atom stereocenters. The van der Waals surface area contributed by atoms with Crippen LogP contribution < -0.4 is 4.72 Å². The van der Waals surface area contributed by atoms with Crippen LogP contribution in [-0.4, -0.2) is 19.6 Å². The van der Waals surface area contributed by atoms with Gasteiger partial charge in [0.1, 0.15) is 0 Å². The van der Waals surface area contributed by atoms with Gasteiger partial charge in [-0.15, -0.1) is 0 Å². The molecular formula is C11H19NO3S. The third-order valence-corrected chi connectivity index (χ3v) is 4.87. The van der Waals surface area contributed by atoms with E-state index in [-0.39, 0.29) is 11.8 Å². The second-order valence-electron chi connectivity index (χ2n) is 4.21. The average Bonchev–Trinajstić information content (AvgIpc) is 2.28. The lowest BCUT2D eigenvalue weighted by Gasteiger charge is -2.18. The van der Waals surface area contributed by atoms with E-state index in [4.69, 9.17) is 0 Å². The monoisotopic (exact) mass is 245 g/mol. The summed E-state index contributed by atoms with van der Waals surface area (Å²) in [6, 6.07) is 0. The highest BCUT2D eigenvalue weighted by molar-refractivity contribution is 7.90. The van der Waals surface area contributed by atoms with Crippen LogP contribution in [0.15, 0.2) is 12.2 Å². The molecule has 0 spiro atoms. The molecule has 92 valence electrons. The fourth-order valence-electron chi connectivity index (χ4n) is 1.58. The summed E-state index contributed by atoms with van der Waals surface area (Å²) in [7, 11) is -3.48. The standard InChI is InChI=1S/C11H19NO3S/c1-3-9(2)16(14,15)12-11(13)10-7-5-4-6-8-10/h4-5,9-10H,3,6-8H2,1-2H3,(H,12,13)/t9-,10-/m0/s1. The first-order valence-corrected chi connectivity index (χ1v) is 7.22. The molecule has 0 aromatic rings. The maximum Gasteiger partial charge on any atom is 0.237 e. The van der Waals surface area contributed by atoms with Crippen LogP contribution in [-0.2, 0) is 14.8 Å². The lowest BCUT2D eigenvalue weighted by atomic mass is 9.94. The molecule has 5 heteroatoms. The van der Waals surface area contributed by atoms with E-state index >= 15 is 0 Å². The molecule has 1 aliphatic rings. The van der Waals surface area contributed by atoms with Crippen LogP contribution in [0.5, 0.6) is 0 Å². The third kappa shape index (κ3) is 3.33. The number of hydrogen-bond acceptors (Lipinski definition) is 3. The second-order valence-corrected chi connectivity index (χ2v) is 6.31. The molecule has 0 unspecified atom stereocenters. The van der Waals surface area contributed by atoms with E-state index in [1.54, 1.807) is 13.8 Å². The summed E-state index contributed by atoms with van der Waals surface area (Å²) >= 11 is 0. The number of nitrogens with one attached hydrogen (secondary N) is 1. The van der Waals surface area contributed by atoms with Crippen molar-refractivity contribution in [3.63, 3.8) is 0 Å². The normalized spacial score (nSPS) is 22.8. The zero-order valence-corrected chi connectivity index (χ0v) is 10.6. The molecule has 0 fully saturated rings. The number of hydrogen-bond donors (Lipinski definition) is 1. The molecule has 0 radical (unpaired) electrons. The van der Waals surface area contributed by atoms with Crippen molar-refractivity contribution in [1.29, 1.82) is 0 Å². The van der Waals surface area contributed by atoms with E-state index in [0.29, 0.717) is 12.8 Å². The second kappa shape index (κ2) is 5.48. The summed E-state index contributed by atoms with van der Waals surface area (Å²) < 4.78 is 25.5. The molecule has 1 amide bonds. The van der Waals surface area contributed by atoms with Crippen molar-refractivity contribution in [2.45, 2.75) is 44.8 Å². The van der Waals surface area contributed by atoms with Crippen LogP contribution in [0.2, 0.25) is 0 Å². The van der Waals surface area contributed by atoms with Gasteiger partial charge in [0.2, 0.25) is 15.9 Å². The van der Waals surface area contributed by atoms with Crippen molar-refractivity contribution >= 4 is 15.9 Å². The minimum Gasteiger partial charge on any atom is -0.274 e. The zero-order valence-electron chi connectivity index (χ0n) is 9.77. The highest BCUT2D eigenvalue weighted by Gasteiger charge is 2.26. The van der Waals surface area contributed by atoms with Crippen molar-refractivity contribution in [2.75, 3.05) is 0 Å². The Labute approximate surface area is 97.2 Å². The number of carbonyl (C=O) groups excluding carboxylic acids is 1. The molecule has 16 heavy (non-hydrogen) atoms. The van der Waals surface area contributed by atoms with Crippen molar-refractivity contribution in [1.82, 2.24) is 4.72 Å². The number of amides is 1. The Bertz CT molecular complexity index is 373. The Morgan fingerprint density at radius 2 is 2.19 bits per heavy atom. The molecule has 0 saturated heterocycles. The maximum atomic E-state index is 11.7. The van der Waals surface area contributed by atoms with Gasteiger partial charge in [-0.05, 0) is 32.6 Å². The number of carbonyl (C=O) groups is 1. The maximum absolute atomic E-state index is 11.7. The summed E-state index contributed by atoms with van der Waals surface area (Å²) in [6.07, 6.45) is 6.69. The molecule has 0 aromatic heterocycles. The van der Waals surface area contributed by atoms with E-state index in [0.717, 1.165) is 12.8 Å². The zero-order chi connectivity index (χ0) is 12.2. The molecule has 1 aliphatic carbocycles. The van der Waals surface area contributed by atoms with Gasteiger partial charge >= 0.3 is 0 Å². The van der Waals surface area contributed by atoms with Crippen molar-refractivity contribution < 1.29 is 13.2 Å². The van der Waals surface area contributed by atoms with Gasteiger partial charge in [-0.1, -0.05) is 19.1 Å². The number of allylic oxidation sites excluding steroid dienone is 2. The molecule has 0 aliphatic heterocycles. The fourth-order valence-corrected chi connectivity index (χ4v) is 2.66. The largest absolute Gasteiger partial charge is 0.274 e. The summed E-state index contributed by atoms with van der Waals surface area (Å²) in [5.41, 5.74) is 0. The molecule has 0 heterocycles. The summed E-state index contributed by atoms with van der Waals surface area (Å²) in [5, 5.41) is -0.518. The summed E-state index contributed by atoms with van der Waals surface area (Å²) in [4.78, 5) is 11.7. The summed E-state index contributed by atoms with van der Waals surface area (Å²) in [6.45, 7) is 3.40. The average molecular weight is 245 g/mol. The van der Waals surface area contributed by atoms with Crippen molar-refractivity contribution in [3.8, 4) is 0 Å². The third-order valence-electron chi connectivity index (χ3n) is 2.99. The predicted molar refractivity (Wildman–Crippen MR) is 63.3 cm³/mol. The van der Waals surface area contributed by atoms with Gasteiger partial charge in [-0.3, -0.25) is 9.52 Å². The highest BCUT2D eigenvalue weighted by atomic mass is 32.2. The van der Waals surface area contributed by atoms with Crippen LogP contribution in [0.1, 0.15) is 39.5 Å². The quantitative estimate of drug-likeness (QED) is 0.765. The van der Waals surface area contributed by atoms with Gasteiger partial charge in [0.15, 0.2) is 0 Å². The van der Waals surface area contributed by atoms with E-state index in [1.165, 1.54) is 0 Å². The lowest BCUT2D eigenvalue weighted by Crippen LogP contribution is -2.40. The van der Waals surface area contributed by atoms with E-state index in [1.807, 2.05) is 12.2 Å². The molecule has 0 bridgehead atoms. The first kappa shape index (κ1) is 13.2. The number of rotatable bonds is 4. The Kier molecular flexibility index (Phi) is 4.53. The summed E-state index contributed by atoms with van der Waals surface area (Å²) in [5.74, 6) is -0.548. The Hall–Kier alpha value is -0.840. The van der Waals surface area contributed by atoms with Crippen molar-refractivity contribution in [3.05, 3.63) is 12.2 Å². The van der Waals surface area contributed by atoms with Crippen LogP contribution in [0.3, 0.4) is 0 Å². The van der Waals surface area contributed by atoms with Gasteiger partial charge in [0, 0.05) is 5.92 Å². The molecule has 0 saturated carbocycles. The van der Waals surface area contributed by atoms with Crippen LogP contribution in [0, 0.1) is 5.92 Å². The molecule has 0 aromatic carbocycles. The van der Waals surface area contributed by atoms with Crippen LogP contribution >= 0.6 is 0 Å². The lowest BCUT2D eigenvalue weighted by molar-refractivity contribution is -0.123. The fraction of sp³-hybridized carbons (Fsp3) is 0.727. The topological polar surface area (TPSA) is 63.2 Å². The van der Waals surface area contributed by atoms with Crippen molar-refractivity contribution in [2.24, 2.45) is 5.92 Å². The SMILES string of the molecule is CC[C@H](C)S(=O)(=O)NC(=O)[C@H]1CC=CCC1. The minimum atomic E-state index is -3.48. The Morgan fingerprint density at radius 3 is 2.69 bits per heavy atom. The highest BCUT2D eigenvalue weighted by Crippen LogP contribution is 2.18. The van der Waals surface area contributed by atoms with Gasteiger partial charge in [0.25, 0.3) is 0 Å². The smallest absolute Gasteiger partial charge is 0.237 e. The van der Waals surface area contributed by atoms with Gasteiger partial charge < -0.3 is 0 Å². The minimum absolute atomic E-state index is 0.191. The first-order chi connectivity index (χ1) is 7.47. The van der Waals surface area contributed by atoms with Crippen LogP contribution in [0.4, 0.5) is 0 Å². The van der Waals surface area contributed by atoms with E-state index in [2.05, 4.69) is 4.72 Å². The van der Waals surface area contributed by atoms with E-state index < -0.39 is 15.3 Å². The van der Waals surface area contributed by atoms with Gasteiger partial charge in [-0.2, -0.15) is 0 Å². The number of sulfonamides is 1.